The van der Waals surface area contributed by atoms with Crippen molar-refractivity contribution < 1.29 is 14.3 Å². The molecule has 1 amide bonds. The molecule has 1 heterocycles. The first-order chi connectivity index (χ1) is 8.17. The third-order valence-electron chi connectivity index (χ3n) is 3.19. The summed E-state index contributed by atoms with van der Waals surface area (Å²) in [7, 11) is 3.15. The van der Waals surface area contributed by atoms with Gasteiger partial charge in [0, 0.05) is 20.6 Å². The Morgan fingerprint density at radius 2 is 1.94 bits per heavy atom. The van der Waals surface area contributed by atoms with E-state index in [0.29, 0.717) is 12.3 Å². The van der Waals surface area contributed by atoms with Gasteiger partial charge in [-0.15, -0.1) is 0 Å². The quantitative estimate of drug-likeness (QED) is 0.668. The van der Waals surface area contributed by atoms with Gasteiger partial charge in [0.05, 0.1) is 6.04 Å². The first kappa shape index (κ1) is 14.4. The molecule has 0 aromatic rings. The average molecular weight is 244 g/mol. The number of hydrogen-bond donors (Lipinski definition) is 2. The normalized spacial score (nSPS) is 19.3. The number of nitrogens with one attached hydrogen (secondary N) is 2. The van der Waals surface area contributed by atoms with Crippen LogP contribution in [0.4, 0.5) is 0 Å². The van der Waals surface area contributed by atoms with E-state index in [1.807, 2.05) is 6.92 Å². The second-order valence-corrected chi connectivity index (χ2v) is 4.59. The number of hydrogen-bond acceptors (Lipinski definition) is 4. The maximum atomic E-state index is 11.8. The Morgan fingerprint density at radius 1 is 1.35 bits per heavy atom. The number of carbonyl (C=O) groups excluding carboxylic acids is 1. The molecule has 17 heavy (non-hydrogen) atoms. The van der Waals surface area contributed by atoms with Crippen molar-refractivity contribution in [3.63, 3.8) is 0 Å². The van der Waals surface area contributed by atoms with Crippen LogP contribution in [0.3, 0.4) is 0 Å². The van der Waals surface area contributed by atoms with Gasteiger partial charge in [0.15, 0.2) is 6.29 Å². The van der Waals surface area contributed by atoms with Gasteiger partial charge in [0.25, 0.3) is 0 Å². The zero-order valence-corrected chi connectivity index (χ0v) is 11.0. The van der Waals surface area contributed by atoms with Gasteiger partial charge in [-0.2, -0.15) is 0 Å². The largest absolute Gasteiger partial charge is 0.354 e. The number of amides is 1. The summed E-state index contributed by atoms with van der Waals surface area (Å²) in [6.45, 7) is 3.93. The summed E-state index contributed by atoms with van der Waals surface area (Å²) in [6, 6.07) is -0.126. The second kappa shape index (κ2) is 7.63. The molecule has 1 fully saturated rings. The van der Waals surface area contributed by atoms with Crippen LogP contribution in [-0.4, -0.2) is 45.5 Å². The highest BCUT2D eigenvalue weighted by molar-refractivity contribution is 5.76. The fourth-order valence-electron chi connectivity index (χ4n) is 2.23. The van der Waals surface area contributed by atoms with E-state index in [2.05, 4.69) is 10.6 Å². The molecular formula is C12H24N2O3. The van der Waals surface area contributed by atoms with E-state index < -0.39 is 0 Å². The van der Waals surface area contributed by atoms with Crippen molar-refractivity contribution in [3.8, 4) is 0 Å². The lowest BCUT2D eigenvalue weighted by Gasteiger charge is -2.25. The van der Waals surface area contributed by atoms with Crippen molar-refractivity contribution in [1.82, 2.24) is 10.6 Å². The molecule has 1 aliphatic heterocycles. The molecule has 5 heteroatoms. The van der Waals surface area contributed by atoms with E-state index in [1.54, 1.807) is 14.2 Å². The van der Waals surface area contributed by atoms with Crippen LogP contribution >= 0.6 is 0 Å². The predicted octanol–water partition coefficient (Wildman–Crippen LogP) is 0.500. The summed E-state index contributed by atoms with van der Waals surface area (Å²) in [5.41, 5.74) is 0. The van der Waals surface area contributed by atoms with E-state index in [9.17, 15) is 4.79 Å². The van der Waals surface area contributed by atoms with Gasteiger partial charge in [-0.05, 0) is 38.8 Å². The first-order valence-corrected chi connectivity index (χ1v) is 6.23. The molecule has 2 N–H and O–H groups in total. The minimum absolute atomic E-state index is 0.0866. The lowest BCUT2D eigenvalue weighted by molar-refractivity contribution is -0.136. The molecule has 1 rings (SSSR count). The Morgan fingerprint density at radius 3 is 2.47 bits per heavy atom. The maximum Gasteiger partial charge on any atom is 0.220 e. The topological polar surface area (TPSA) is 59.6 Å². The molecule has 1 saturated heterocycles. The number of rotatable bonds is 6. The maximum absolute atomic E-state index is 11.8. The molecule has 1 atom stereocenters. The fraction of sp³-hybridized carbons (Fsp3) is 0.917. The van der Waals surface area contributed by atoms with Crippen LogP contribution in [-0.2, 0) is 14.3 Å². The zero-order chi connectivity index (χ0) is 12.7. The summed E-state index contributed by atoms with van der Waals surface area (Å²) in [5, 5.41) is 6.21. The fourth-order valence-corrected chi connectivity index (χ4v) is 2.23. The van der Waals surface area contributed by atoms with Crippen LogP contribution in [0.2, 0.25) is 0 Å². The minimum atomic E-state index is -0.382. The van der Waals surface area contributed by atoms with E-state index in [-0.39, 0.29) is 18.2 Å². The van der Waals surface area contributed by atoms with Gasteiger partial charge >= 0.3 is 0 Å². The van der Waals surface area contributed by atoms with Crippen molar-refractivity contribution >= 4 is 5.91 Å². The van der Waals surface area contributed by atoms with Crippen molar-refractivity contribution in [2.24, 2.45) is 5.92 Å². The smallest absolute Gasteiger partial charge is 0.220 e. The number of piperidine rings is 1. The Balaban J connectivity index is 2.27. The van der Waals surface area contributed by atoms with Crippen molar-refractivity contribution in [1.29, 1.82) is 0 Å². The van der Waals surface area contributed by atoms with Gasteiger partial charge in [-0.3, -0.25) is 4.79 Å². The summed E-state index contributed by atoms with van der Waals surface area (Å²) in [4.78, 5) is 11.8. The SMILES string of the molecule is COC(OC)C(C)NC(=O)CC1CCNCC1. The molecule has 100 valence electrons. The van der Waals surface area contributed by atoms with Crippen LogP contribution in [0, 0.1) is 5.92 Å². The molecule has 0 aromatic heterocycles. The Bertz CT molecular complexity index is 226. The standard InChI is InChI=1S/C12H24N2O3/c1-9(12(16-2)17-3)14-11(15)8-10-4-6-13-7-5-10/h9-10,12-13H,4-8H2,1-3H3,(H,14,15). The highest BCUT2D eigenvalue weighted by Gasteiger charge is 2.21. The molecule has 1 unspecified atom stereocenters. The van der Waals surface area contributed by atoms with E-state index >= 15 is 0 Å². The molecule has 0 spiro atoms. The van der Waals surface area contributed by atoms with Crippen molar-refractivity contribution in [2.45, 2.75) is 38.5 Å². The zero-order valence-electron chi connectivity index (χ0n) is 11.0. The third kappa shape index (κ3) is 5.02. The Hall–Kier alpha value is -0.650. The molecule has 1 aliphatic rings. The monoisotopic (exact) mass is 244 g/mol. The molecule has 0 aromatic carbocycles. The van der Waals surface area contributed by atoms with Gasteiger partial charge < -0.3 is 20.1 Å². The summed E-state index contributed by atoms with van der Waals surface area (Å²) in [6.07, 6.45) is 2.39. The molecule has 0 bridgehead atoms. The van der Waals surface area contributed by atoms with Crippen LogP contribution in [0.25, 0.3) is 0 Å². The molecule has 0 saturated carbocycles. The lowest BCUT2D eigenvalue weighted by Crippen LogP contribution is -2.43. The third-order valence-corrected chi connectivity index (χ3v) is 3.19. The number of ether oxygens (including phenoxy) is 2. The summed E-state index contributed by atoms with van der Waals surface area (Å²) < 4.78 is 10.2. The van der Waals surface area contributed by atoms with E-state index in [0.717, 1.165) is 25.9 Å². The average Bonchev–Trinajstić information content (AvgIpc) is 2.31. The molecular weight excluding hydrogens is 220 g/mol. The van der Waals surface area contributed by atoms with Crippen LogP contribution < -0.4 is 10.6 Å². The minimum Gasteiger partial charge on any atom is -0.354 e. The second-order valence-electron chi connectivity index (χ2n) is 4.59. The summed E-state index contributed by atoms with van der Waals surface area (Å²) in [5.74, 6) is 0.593. The lowest BCUT2D eigenvalue weighted by atomic mass is 9.94. The Labute approximate surface area is 103 Å². The summed E-state index contributed by atoms with van der Waals surface area (Å²) >= 11 is 0. The van der Waals surface area contributed by atoms with Gasteiger partial charge in [0.2, 0.25) is 5.91 Å². The van der Waals surface area contributed by atoms with Crippen LogP contribution in [0.1, 0.15) is 26.2 Å². The highest BCUT2D eigenvalue weighted by Crippen LogP contribution is 2.15. The number of carbonyl (C=O) groups is 1. The first-order valence-electron chi connectivity index (χ1n) is 6.23. The van der Waals surface area contributed by atoms with Gasteiger partial charge in [-0.25, -0.2) is 0 Å². The number of methoxy groups -OCH3 is 2. The van der Waals surface area contributed by atoms with Crippen LogP contribution in [0.5, 0.6) is 0 Å². The van der Waals surface area contributed by atoms with Crippen LogP contribution in [0.15, 0.2) is 0 Å². The predicted molar refractivity (Wildman–Crippen MR) is 65.6 cm³/mol. The van der Waals surface area contributed by atoms with Gasteiger partial charge in [-0.1, -0.05) is 0 Å². The molecule has 0 radical (unpaired) electrons. The van der Waals surface area contributed by atoms with Crippen molar-refractivity contribution in [2.75, 3.05) is 27.3 Å². The van der Waals surface area contributed by atoms with Crippen molar-refractivity contribution in [3.05, 3.63) is 0 Å². The van der Waals surface area contributed by atoms with Gasteiger partial charge in [0.1, 0.15) is 0 Å². The highest BCUT2D eigenvalue weighted by atomic mass is 16.7. The molecule has 5 nitrogen and oxygen atoms in total. The van der Waals surface area contributed by atoms with E-state index in [1.165, 1.54) is 0 Å². The van der Waals surface area contributed by atoms with E-state index in [4.69, 9.17) is 9.47 Å². The Kier molecular flexibility index (Phi) is 6.47. The molecule has 0 aliphatic carbocycles.